The molecule has 1 fully saturated rings. The largest absolute Gasteiger partial charge is 0.462 e. The zero-order valence-corrected chi connectivity index (χ0v) is 15.5. The van der Waals surface area contributed by atoms with Gasteiger partial charge in [-0.2, -0.15) is 5.10 Å². The molecule has 0 amide bonds. The summed E-state index contributed by atoms with van der Waals surface area (Å²) in [4.78, 5) is 19.6. The van der Waals surface area contributed by atoms with E-state index < -0.39 is 0 Å². The zero-order chi connectivity index (χ0) is 18.3. The van der Waals surface area contributed by atoms with Crippen LogP contribution in [0.5, 0.6) is 0 Å². The fourth-order valence-electron chi connectivity index (χ4n) is 4.06. The average Bonchev–Trinajstić information content (AvgIpc) is 3.04. The van der Waals surface area contributed by atoms with Crippen molar-refractivity contribution >= 4 is 28.3 Å². The fourth-order valence-corrected chi connectivity index (χ4v) is 4.06. The van der Waals surface area contributed by atoms with Gasteiger partial charge in [-0.25, -0.2) is 14.3 Å². The number of fused-ring (bicyclic) bond motifs is 3. The highest BCUT2D eigenvalue weighted by atomic mass is 16.5. The van der Waals surface area contributed by atoms with E-state index in [4.69, 9.17) is 9.72 Å². The quantitative estimate of drug-likeness (QED) is 0.675. The van der Waals surface area contributed by atoms with Crippen LogP contribution in [0.1, 0.15) is 37.6 Å². The van der Waals surface area contributed by atoms with Gasteiger partial charge in [-0.3, -0.25) is 0 Å². The molecular weight excluding hydrogens is 328 g/mol. The first kappa shape index (κ1) is 16.8. The Balaban J connectivity index is 1.92. The lowest BCUT2D eigenvalue weighted by Gasteiger charge is -2.36. The van der Waals surface area contributed by atoms with E-state index in [0.29, 0.717) is 29.7 Å². The number of aromatic nitrogens is 3. The third kappa shape index (κ3) is 2.79. The Hall–Kier alpha value is -2.63. The molecule has 1 aromatic carbocycles. The fraction of sp³-hybridized carbons (Fsp3) is 0.450. The summed E-state index contributed by atoms with van der Waals surface area (Å²) in [5.74, 6) is 1.78. The van der Waals surface area contributed by atoms with Crippen LogP contribution < -0.4 is 4.90 Å². The predicted molar refractivity (Wildman–Crippen MR) is 102 cm³/mol. The van der Waals surface area contributed by atoms with Gasteiger partial charge in [0.25, 0.3) is 0 Å². The number of benzene rings is 1. The van der Waals surface area contributed by atoms with Crippen LogP contribution in [0.2, 0.25) is 0 Å². The highest BCUT2D eigenvalue weighted by Gasteiger charge is 2.26. The highest BCUT2D eigenvalue weighted by molar-refractivity contribution is 5.99. The molecule has 1 aliphatic rings. The lowest BCUT2D eigenvalue weighted by Crippen LogP contribution is -2.39. The number of carbonyl (C=O) groups excluding carboxylic acids is 1. The summed E-state index contributed by atoms with van der Waals surface area (Å²) < 4.78 is 6.92. The molecule has 6 heteroatoms. The van der Waals surface area contributed by atoms with E-state index in [-0.39, 0.29) is 5.97 Å². The van der Waals surface area contributed by atoms with Crippen LogP contribution in [0, 0.1) is 11.8 Å². The molecule has 0 unspecified atom stereocenters. The van der Waals surface area contributed by atoms with Crippen LogP contribution in [0.15, 0.2) is 30.5 Å². The molecule has 3 aromatic rings. The minimum absolute atomic E-state index is 0.331. The standard InChI is InChI=1S/C20H24N4O2/c1-4-26-20(25)16-10-21-24-17-8-6-5-7-15(17)18(22-19(16)24)23-11-13(2)9-14(3)12-23/h5-8,10,13-14H,4,9,11-12H2,1-3H3/t13-,14-/m0/s1. The topological polar surface area (TPSA) is 59.7 Å². The lowest BCUT2D eigenvalue weighted by atomic mass is 9.92. The second-order valence-electron chi connectivity index (χ2n) is 7.32. The van der Waals surface area contributed by atoms with E-state index in [1.165, 1.54) is 6.42 Å². The maximum absolute atomic E-state index is 12.3. The molecule has 136 valence electrons. The van der Waals surface area contributed by atoms with Crippen LogP contribution in [-0.2, 0) is 4.74 Å². The van der Waals surface area contributed by atoms with Gasteiger partial charge in [-0.15, -0.1) is 0 Å². The molecule has 0 radical (unpaired) electrons. The summed E-state index contributed by atoms with van der Waals surface area (Å²) in [5.41, 5.74) is 1.92. The maximum Gasteiger partial charge on any atom is 0.343 e. The number of esters is 1. The summed E-state index contributed by atoms with van der Waals surface area (Å²) in [6, 6.07) is 8.10. The number of nitrogens with zero attached hydrogens (tertiary/aromatic N) is 4. The molecule has 1 saturated heterocycles. The van der Waals surface area contributed by atoms with Gasteiger partial charge in [0.1, 0.15) is 11.4 Å². The van der Waals surface area contributed by atoms with Crippen molar-refractivity contribution in [2.75, 3.05) is 24.6 Å². The monoisotopic (exact) mass is 352 g/mol. The number of anilines is 1. The van der Waals surface area contributed by atoms with Crippen LogP contribution >= 0.6 is 0 Å². The minimum atomic E-state index is -0.378. The van der Waals surface area contributed by atoms with Crippen LogP contribution in [0.4, 0.5) is 5.82 Å². The van der Waals surface area contributed by atoms with Crippen LogP contribution in [-0.4, -0.2) is 40.3 Å². The SMILES string of the molecule is CCOC(=O)c1cnn2c1nc(N1C[C@@H](C)C[C@H](C)C1)c1ccccc12. The number of carbonyl (C=O) groups is 1. The maximum atomic E-state index is 12.3. The average molecular weight is 352 g/mol. The van der Waals surface area contributed by atoms with E-state index in [1.807, 2.05) is 18.2 Å². The van der Waals surface area contributed by atoms with Gasteiger partial charge in [0.15, 0.2) is 5.65 Å². The number of ether oxygens (including phenoxy) is 1. The lowest BCUT2D eigenvalue weighted by molar-refractivity contribution is 0.0528. The first-order chi connectivity index (χ1) is 12.6. The van der Waals surface area contributed by atoms with Crippen molar-refractivity contribution < 1.29 is 9.53 Å². The van der Waals surface area contributed by atoms with Gasteiger partial charge in [0.2, 0.25) is 0 Å². The van der Waals surface area contributed by atoms with Gasteiger partial charge in [-0.1, -0.05) is 26.0 Å². The highest BCUT2D eigenvalue weighted by Crippen LogP contribution is 2.31. The molecule has 2 atom stereocenters. The molecule has 0 spiro atoms. The molecule has 3 heterocycles. The number of para-hydroxylation sites is 1. The van der Waals surface area contributed by atoms with Crippen LogP contribution in [0.25, 0.3) is 16.6 Å². The summed E-state index contributed by atoms with van der Waals surface area (Å²) in [6.45, 7) is 8.64. The van der Waals surface area contributed by atoms with Crippen LogP contribution in [0.3, 0.4) is 0 Å². The number of hydrogen-bond acceptors (Lipinski definition) is 5. The predicted octanol–water partition coefficient (Wildman–Crippen LogP) is 3.54. The Morgan fingerprint density at radius 1 is 1.23 bits per heavy atom. The van der Waals surface area contributed by atoms with Crippen molar-refractivity contribution in [3.05, 3.63) is 36.0 Å². The molecular formula is C20H24N4O2. The second-order valence-corrected chi connectivity index (χ2v) is 7.32. The zero-order valence-electron chi connectivity index (χ0n) is 15.5. The van der Waals surface area contributed by atoms with Crippen molar-refractivity contribution in [3.63, 3.8) is 0 Å². The molecule has 4 rings (SSSR count). The van der Waals surface area contributed by atoms with E-state index >= 15 is 0 Å². The molecule has 26 heavy (non-hydrogen) atoms. The Labute approximate surface area is 152 Å². The Morgan fingerprint density at radius 3 is 2.69 bits per heavy atom. The van der Waals surface area contributed by atoms with Gasteiger partial charge < -0.3 is 9.64 Å². The van der Waals surface area contributed by atoms with Gasteiger partial charge in [0.05, 0.1) is 18.3 Å². The van der Waals surface area contributed by atoms with E-state index in [0.717, 1.165) is 29.8 Å². The van der Waals surface area contributed by atoms with Crippen molar-refractivity contribution in [1.29, 1.82) is 0 Å². The molecule has 2 aromatic heterocycles. The van der Waals surface area contributed by atoms with Gasteiger partial charge >= 0.3 is 5.97 Å². The summed E-state index contributed by atoms with van der Waals surface area (Å²) >= 11 is 0. The third-order valence-corrected chi connectivity index (χ3v) is 4.99. The Morgan fingerprint density at radius 2 is 1.96 bits per heavy atom. The Kier molecular flexibility index (Phi) is 4.26. The Bertz CT molecular complexity index is 955. The molecule has 6 nitrogen and oxygen atoms in total. The molecule has 0 bridgehead atoms. The third-order valence-electron chi connectivity index (χ3n) is 4.99. The molecule has 0 saturated carbocycles. The number of rotatable bonds is 3. The molecule has 0 aliphatic carbocycles. The van der Waals surface area contributed by atoms with Crippen molar-refractivity contribution in [3.8, 4) is 0 Å². The van der Waals surface area contributed by atoms with Crippen molar-refractivity contribution in [1.82, 2.24) is 14.6 Å². The summed E-state index contributed by atoms with van der Waals surface area (Å²) in [6.07, 6.45) is 2.79. The van der Waals surface area contributed by atoms with E-state index in [2.05, 4.69) is 29.9 Å². The molecule has 0 N–H and O–H groups in total. The number of piperidine rings is 1. The summed E-state index contributed by atoms with van der Waals surface area (Å²) in [5, 5.41) is 5.46. The minimum Gasteiger partial charge on any atom is -0.462 e. The number of hydrogen-bond donors (Lipinski definition) is 0. The van der Waals surface area contributed by atoms with E-state index in [1.54, 1.807) is 17.6 Å². The normalized spacial score (nSPS) is 20.7. The van der Waals surface area contributed by atoms with Crippen molar-refractivity contribution in [2.24, 2.45) is 11.8 Å². The molecule has 1 aliphatic heterocycles. The summed E-state index contributed by atoms with van der Waals surface area (Å²) in [7, 11) is 0. The van der Waals surface area contributed by atoms with Gasteiger partial charge in [-0.05, 0) is 37.3 Å². The van der Waals surface area contributed by atoms with E-state index in [9.17, 15) is 4.79 Å². The van der Waals surface area contributed by atoms with Gasteiger partial charge in [0, 0.05) is 18.5 Å². The smallest absolute Gasteiger partial charge is 0.343 e. The first-order valence-corrected chi connectivity index (χ1v) is 9.27. The second kappa shape index (κ2) is 6.59. The first-order valence-electron chi connectivity index (χ1n) is 9.27. The van der Waals surface area contributed by atoms with Crippen molar-refractivity contribution in [2.45, 2.75) is 27.2 Å².